The van der Waals surface area contributed by atoms with Gasteiger partial charge in [0.1, 0.15) is 0 Å². The molecule has 0 unspecified atom stereocenters. The molecule has 0 aliphatic rings. The molecule has 3 heteroatoms. The van der Waals surface area contributed by atoms with Crippen LogP contribution in [-0.4, -0.2) is 24.9 Å². The van der Waals surface area contributed by atoms with Crippen molar-refractivity contribution < 1.29 is 0 Å². The Morgan fingerprint density at radius 3 is 3.14 bits per heavy atom. The molecule has 2 aromatic heterocycles. The zero-order chi connectivity index (χ0) is 9.80. The van der Waals surface area contributed by atoms with E-state index in [-0.39, 0.29) is 0 Å². The van der Waals surface area contributed by atoms with Crippen molar-refractivity contribution in [3.63, 3.8) is 0 Å². The number of pyridine rings is 2. The zero-order valence-corrected chi connectivity index (χ0v) is 9.39. The molecule has 2 heterocycles. The van der Waals surface area contributed by atoms with Gasteiger partial charge in [-0.25, -0.2) is 0 Å². The van der Waals surface area contributed by atoms with E-state index in [1.807, 2.05) is 18.2 Å². The molecule has 0 aromatic carbocycles. The molecule has 0 amide bonds. The van der Waals surface area contributed by atoms with Crippen LogP contribution in [0, 0.1) is 0 Å². The fraction of sp³-hybridized carbons (Fsp3) is 0.0909. The maximum absolute atomic E-state index is 4.48. The molecule has 0 radical (unpaired) electrons. The van der Waals surface area contributed by atoms with Crippen molar-refractivity contribution in [2.24, 2.45) is 0 Å². The van der Waals surface area contributed by atoms with Crippen molar-refractivity contribution in [1.82, 2.24) is 9.97 Å². The number of nitrogens with zero attached hydrogens (tertiary/aromatic N) is 2. The third kappa shape index (κ3) is 2.00. The van der Waals surface area contributed by atoms with E-state index < -0.39 is 0 Å². The zero-order valence-electron chi connectivity index (χ0n) is 7.68. The van der Waals surface area contributed by atoms with Crippen LogP contribution in [0.15, 0.2) is 43.1 Å². The van der Waals surface area contributed by atoms with Crippen LogP contribution in [0.4, 0.5) is 0 Å². The molecular weight excluding hydrogens is 239 g/mol. The maximum atomic E-state index is 4.48. The summed E-state index contributed by atoms with van der Waals surface area (Å²) in [5.74, 6) is 0. The number of hydrogen-bond acceptors (Lipinski definition) is 2. The average Bonchev–Trinajstić information content (AvgIpc) is 2.26. The fourth-order valence-electron chi connectivity index (χ4n) is 1.16. The molecular formula is C11H10N2Se. The number of rotatable bonds is 3. The molecule has 0 spiro atoms. The Hall–Kier alpha value is -1.18. The summed E-state index contributed by atoms with van der Waals surface area (Å²) in [5.41, 5.74) is 0.843. The van der Waals surface area contributed by atoms with Crippen LogP contribution in [0.2, 0.25) is 5.32 Å². The summed E-state index contributed by atoms with van der Waals surface area (Å²) in [6.45, 7) is 3.71. The van der Waals surface area contributed by atoms with Crippen LogP contribution in [0.25, 0.3) is 11.0 Å². The van der Waals surface area contributed by atoms with E-state index in [4.69, 9.17) is 0 Å². The summed E-state index contributed by atoms with van der Waals surface area (Å²) in [5, 5.41) is 2.13. The van der Waals surface area contributed by atoms with Crippen LogP contribution in [0.3, 0.4) is 0 Å². The molecule has 0 saturated heterocycles. The van der Waals surface area contributed by atoms with Crippen molar-refractivity contribution in [3.8, 4) is 0 Å². The van der Waals surface area contributed by atoms with Gasteiger partial charge in [0.2, 0.25) is 0 Å². The Morgan fingerprint density at radius 2 is 2.29 bits per heavy atom. The number of allylic oxidation sites excluding steroid dienone is 1. The molecule has 14 heavy (non-hydrogen) atoms. The number of aromatic nitrogens is 2. The van der Waals surface area contributed by atoms with Gasteiger partial charge in [-0.3, -0.25) is 0 Å². The number of fused-ring (bicyclic) bond motifs is 1. The van der Waals surface area contributed by atoms with Gasteiger partial charge in [-0.05, 0) is 0 Å². The first kappa shape index (κ1) is 9.38. The van der Waals surface area contributed by atoms with E-state index in [9.17, 15) is 0 Å². The van der Waals surface area contributed by atoms with Gasteiger partial charge in [-0.15, -0.1) is 0 Å². The Bertz CT molecular complexity index is 454. The monoisotopic (exact) mass is 250 g/mol. The second-order valence-corrected chi connectivity index (χ2v) is 4.98. The van der Waals surface area contributed by atoms with Crippen LogP contribution in [0.1, 0.15) is 0 Å². The third-order valence-electron chi connectivity index (χ3n) is 1.79. The second kappa shape index (κ2) is 4.36. The minimum atomic E-state index is 0.396. The summed E-state index contributed by atoms with van der Waals surface area (Å²) in [6, 6.07) is 8.11. The summed E-state index contributed by atoms with van der Waals surface area (Å²) in [7, 11) is 0. The summed E-state index contributed by atoms with van der Waals surface area (Å²) < 4.78 is 1.14. The van der Waals surface area contributed by atoms with Crippen molar-refractivity contribution in [3.05, 3.63) is 43.1 Å². The predicted octanol–water partition coefficient (Wildman–Crippen LogP) is 1.56. The SMILES string of the molecule is C=CC[Se]c1ccc2cccnc2n1. The van der Waals surface area contributed by atoms with E-state index in [0.29, 0.717) is 15.0 Å². The van der Waals surface area contributed by atoms with Gasteiger partial charge in [-0.2, -0.15) is 0 Å². The van der Waals surface area contributed by atoms with E-state index in [1.54, 1.807) is 6.20 Å². The topological polar surface area (TPSA) is 25.8 Å². The predicted molar refractivity (Wildman–Crippen MR) is 59.9 cm³/mol. The quantitative estimate of drug-likeness (QED) is 0.609. The van der Waals surface area contributed by atoms with E-state index in [0.717, 1.165) is 20.9 Å². The first-order valence-electron chi connectivity index (χ1n) is 4.35. The molecule has 0 bridgehead atoms. The van der Waals surface area contributed by atoms with Crippen LogP contribution in [0.5, 0.6) is 0 Å². The molecule has 2 rings (SSSR count). The first-order valence-corrected chi connectivity index (χ1v) is 6.42. The van der Waals surface area contributed by atoms with E-state index in [2.05, 4.69) is 28.7 Å². The summed E-state index contributed by atoms with van der Waals surface area (Å²) in [4.78, 5) is 8.70. The second-order valence-electron chi connectivity index (χ2n) is 2.80. The van der Waals surface area contributed by atoms with Crippen molar-refractivity contribution in [2.75, 3.05) is 0 Å². The Labute approximate surface area is 89.2 Å². The molecule has 0 N–H and O–H groups in total. The molecule has 0 aliphatic heterocycles. The number of hydrogen-bond donors (Lipinski definition) is 0. The van der Waals surface area contributed by atoms with Crippen LogP contribution in [-0.2, 0) is 0 Å². The minimum absolute atomic E-state index is 0.396. The fourth-order valence-corrected chi connectivity index (χ4v) is 2.43. The summed E-state index contributed by atoms with van der Waals surface area (Å²) >= 11 is 0.396. The van der Waals surface area contributed by atoms with Gasteiger partial charge in [0.25, 0.3) is 0 Å². The summed E-state index contributed by atoms with van der Waals surface area (Å²) in [6.07, 6.45) is 3.71. The van der Waals surface area contributed by atoms with Gasteiger partial charge in [0, 0.05) is 0 Å². The van der Waals surface area contributed by atoms with Crippen molar-refractivity contribution in [2.45, 2.75) is 5.32 Å². The first-order chi connectivity index (χ1) is 6.90. The van der Waals surface area contributed by atoms with Crippen LogP contribution >= 0.6 is 0 Å². The van der Waals surface area contributed by atoms with Gasteiger partial charge in [0.15, 0.2) is 0 Å². The average molecular weight is 249 g/mol. The third-order valence-corrected chi connectivity index (χ3v) is 3.73. The molecule has 2 nitrogen and oxygen atoms in total. The molecule has 0 aliphatic carbocycles. The Morgan fingerprint density at radius 1 is 1.36 bits per heavy atom. The van der Waals surface area contributed by atoms with Gasteiger partial charge in [-0.1, -0.05) is 0 Å². The van der Waals surface area contributed by atoms with Crippen molar-refractivity contribution >= 4 is 30.6 Å². The molecule has 70 valence electrons. The molecule has 0 saturated carbocycles. The van der Waals surface area contributed by atoms with Gasteiger partial charge >= 0.3 is 89.0 Å². The molecule has 2 aromatic rings. The van der Waals surface area contributed by atoms with Gasteiger partial charge < -0.3 is 0 Å². The Kier molecular flexibility index (Phi) is 2.92. The Balaban J connectivity index is 2.36. The standard InChI is InChI=1S/C11H10N2Se/c1-2-8-14-10-6-5-9-4-3-7-12-11(9)13-10/h2-7H,1,8H2. The van der Waals surface area contributed by atoms with Gasteiger partial charge in [0.05, 0.1) is 0 Å². The molecule has 0 atom stereocenters. The van der Waals surface area contributed by atoms with Crippen molar-refractivity contribution in [1.29, 1.82) is 0 Å². The van der Waals surface area contributed by atoms with Crippen LogP contribution < -0.4 is 4.59 Å². The molecule has 0 fully saturated rings. The van der Waals surface area contributed by atoms with E-state index >= 15 is 0 Å². The van der Waals surface area contributed by atoms with E-state index in [1.165, 1.54) is 0 Å². The normalized spacial score (nSPS) is 10.3.